The number of halogens is 1. The zero-order valence-electron chi connectivity index (χ0n) is 12.9. The van der Waals surface area contributed by atoms with E-state index < -0.39 is 0 Å². The van der Waals surface area contributed by atoms with E-state index in [0.717, 1.165) is 57.8 Å². The maximum absolute atomic E-state index is 13.0. The van der Waals surface area contributed by atoms with E-state index in [1.807, 2.05) is 12.1 Å². The highest BCUT2D eigenvalue weighted by atomic mass is 19.1. The van der Waals surface area contributed by atoms with Gasteiger partial charge >= 0.3 is 0 Å². The fraction of sp³-hybridized carbons (Fsp3) is 0.444. The monoisotopic (exact) mass is 302 g/mol. The molecule has 118 valence electrons. The fourth-order valence-corrected chi connectivity index (χ4v) is 2.93. The number of ether oxygens (including phenoxy) is 1. The van der Waals surface area contributed by atoms with Crippen LogP contribution in [-0.2, 0) is 17.7 Å². The van der Waals surface area contributed by atoms with Gasteiger partial charge in [0.05, 0.1) is 13.2 Å². The number of rotatable bonds is 6. The van der Waals surface area contributed by atoms with Crippen molar-refractivity contribution in [2.75, 3.05) is 32.8 Å². The summed E-state index contributed by atoms with van der Waals surface area (Å²) in [5, 5.41) is 0. The fourth-order valence-electron chi connectivity index (χ4n) is 2.93. The average molecular weight is 302 g/mol. The average Bonchev–Trinajstić information content (AvgIpc) is 2.98. The standard InChI is InChI=1S/C18H23FN2O/c19-17-7-5-16(6-8-17)15-21-10-2-4-18(21)3-1-9-20-11-13-22-14-12-20/h2,4-8,10H,1,3,9,11-15H2. The van der Waals surface area contributed by atoms with E-state index in [1.54, 1.807) is 0 Å². The van der Waals surface area contributed by atoms with Crippen LogP contribution in [0.4, 0.5) is 4.39 Å². The van der Waals surface area contributed by atoms with Crippen molar-refractivity contribution in [2.45, 2.75) is 19.4 Å². The van der Waals surface area contributed by atoms with E-state index in [0.29, 0.717) is 0 Å². The van der Waals surface area contributed by atoms with Crippen LogP contribution < -0.4 is 0 Å². The Labute approximate surface area is 131 Å². The first-order chi connectivity index (χ1) is 10.8. The third-order valence-electron chi connectivity index (χ3n) is 4.20. The van der Waals surface area contributed by atoms with Crippen LogP contribution in [0.1, 0.15) is 17.7 Å². The van der Waals surface area contributed by atoms with Crippen molar-refractivity contribution in [1.29, 1.82) is 0 Å². The van der Waals surface area contributed by atoms with Gasteiger partial charge in [0.25, 0.3) is 0 Å². The summed E-state index contributed by atoms with van der Waals surface area (Å²) >= 11 is 0. The molecule has 3 rings (SSSR count). The lowest BCUT2D eigenvalue weighted by Crippen LogP contribution is -2.37. The second kappa shape index (κ2) is 7.56. The molecule has 4 heteroatoms. The van der Waals surface area contributed by atoms with Crippen LogP contribution in [0.15, 0.2) is 42.6 Å². The normalized spacial score (nSPS) is 16.0. The van der Waals surface area contributed by atoms with Crippen LogP contribution in [0.2, 0.25) is 0 Å². The molecule has 1 aromatic heterocycles. The molecule has 2 heterocycles. The molecular formula is C18H23FN2O. The third kappa shape index (κ3) is 4.18. The van der Waals surface area contributed by atoms with Crippen LogP contribution >= 0.6 is 0 Å². The second-order valence-electron chi connectivity index (χ2n) is 5.81. The topological polar surface area (TPSA) is 17.4 Å². The molecule has 2 aromatic rings. The largest absolute Gasteiger partial charge is 0.379 e. The van der Waals surface area contributed by atoms with Crippen molar-refractivity contribution in [2.24, 2.45) is 0 Å². The molecule has 22 heavy (non-hydrogen) atoms. The SMILES string of the molecule is Fc1ccc(Cn2cccc2CCCN2CCOCC2)cc1. The molecule has 1 aliphatic rings. The van der Waals surface area contributed by atoms with E-state index in [2.05, 4.69) is 27.8 Å². The van der Waals surface area contributed by atoms with E-state index in [9.17, 15) is 4.39 Å². The van der Waals surface area contributed by atoms with Gasteiger partial charge < -0.3 is 9.30 Å². The smallest absolute Gasteiger partial charge is 0.123 e. The van der Waals surface area contributed by atoms with E-state index in [1.165, 1.54) is 17.8 Å². The number of hydrogen-bond donors (Lipinski definition) is 0. The quantitative estimate of drug-likeness (QED) is 0.816. The third-order valence-corrected chi connectivity index (χ3v) is 4.20. The van der Waals surface area contributed by atoms with Gasteiger partial charge in [-0.15, -0.1) is 0 Å². The first-order valence-corrected chi connectivity index (χ1v) is 8.00. The lowest BCUT2D eigenvalue weighted by Gasteiger charge is -2.26. The number of morpholine rings is 1. The molecule has 0 spiro atoms. The van der Waals surface area contributed by atoms with Gasteiger partial charge in [-0.05, 0) is 49.2 Å². The summed E-state index contributed by atoms with van der Waals surface area (Å²) in [5.74, 6) is -0.179. The zero-order chi connectivity index (χ0) is 15.2. The van der Waals surface area contributed by atoms with Crippen molar-refractivity contribution < 1.29 is 9.13 Å². The van der Waals surface area contributed by atoms with Crippen LogP contribution in [0.3, 0.4) is 0 Å². The molecule has 0 bridgehead atoms. The molecule has 0 saturated carbocycles. The maximum Gasteiger partial charge on any atom is 0.123 e. The maximum atomic E-state index is 13.0. The van der Waals surface area contributed by atoms with Crippen LogP contribution in [0, 0.1) is 5.82 Å². The van der Waals surface area contributed by atoms with E-state index in [-0.39, 0.29) is 5.82 Å². The minimum Gasteiger partial charge on any atom is -0.379 e. The van der Waals surface area contributed by atoms with E-state index >= 15 is 0 Å². The first-order valence-electron chi connectivity index (χ1n) is 8.00. The van der Waals surface area contributed by atoms with Gasteiger partial charge in [-0.2, -0.15) is 0 Å². The summed E-state index contributed by atoms with van der Waals surface area (Å²) in [5.41, 5.74) is 2.48. The molecule has 1 aromatic carbocycles. The lowest BCUT2D eigenvalue weighted by molar-refractivity contribution is 0.0374. The number of aromatic nitrogens is 1. The molecule has 1 saturated heterocycles. The summed E-state index contributed by atoms with van der Waals surface area (Å²) < 4.78 is 20.6. The number of aryl methyl sites for hydroxylation is 1. The summed E-state index contributed by atoms with van der Waals surface area (Å²) in [6.07, 6.45) is 4.34. The molecular weight excluding hydrogens is 279 g/mol. The lowest BCUT2D eigenvalue weighted by atomic mass is 10.2. The number of benzene rings is 1. The Hall–Kier alpha value is -1.65. The van der Waals surface area contributed by atoms with Gasteiger partial charge in [0.2, 0.25) is 0 Å². The zero-order valence-corrected chi connectivity index (χ0v) is 12.9. The Balaban J connectivity index is 1.52. The van der Waals surface area contributed by atoms with Crippen LogP contribution in [0.5, 0.6) is 0 Å². The first kappa shape index (κ1) is 15.3. The van der Waals surface area contributed by atoms with Gasteiger partial charge in [0, 0.05) is 31.5 Å². The van der Waals surface area contributed by atoms with Gasteiger partial charge in [-0.25, -0.2) is 4.39 Å². The second-order valence-corrected chi connectivity index (χ2v) is 5.81. The highest BCUT2D eigenvalue weighted by Gasteiger charge is 2.10. The van der Waals surface area contributed by atoms with Crippen molar-refractivity contribution in [1.82, 2.24) is 9.47 Å². The summed E-state index contributed by atoms with van der Waals surface area (Å²) in [6.45, 7) is 5.76. The Morgan fingerprint density at radius 1 is 1.05 bits per heavy atom. The molecule has 0 aliphatic carbocycles. The highest BCUT2D eigenvalue weighted by molar-refractivity contribution is 5.18. The molecule has 0 unspecified atom stereocenters. The van der Waals surface area contributed by atoms with E-state index in [4.69, 9.17) is 4.74 Å². The molecule has 0 amide bonds. The number of hydrogen-bond acceptors (Lipinski definition) is 2. The summed E-state index contributed by atoms with van der Waals surface area (Å²) in [7, 11) is 0. The van der Waals surface area contributed by atoms with Crippen molar-refractivity contribution >= 4 is 0 Å². The van der Waals surface area contributed by atoms with Gasteiger partial charge in [-0.1, -0.05) is 12.1 Å². The van der Waals surface area contributed by atoms with Crippen molar-refractivity contribution in [3.05, 3.63) is 59.7 Å². The Kier molecular flexibility index (Phi) is 5.24. The van der Waals surface area contributed by atoms with Crippen LogP contribution in [-0.4, -0.2) is 42.3 Å². The predicted octanol–water partition coefficient (Wildman–Crippen LogP) is 2.94. The molecule has 0 atom stereocenters. The summed E-state index contributed by atoms with van der Waals surface area (Å²) in [4.78, 5) is 2.47. The molecule has 1 fully saturated rings. The predicted molar refractivity (Wildman–Crippen MR) is 85.5 cm³/mol. The van der Waals surface area contributed by atoms with Gasteiger partial charge in [0.15, 0.2) is 0 Å². The number of nitrogens with zero attached hydrogens (tertiary/aromatic N) is 2. The Bertz CT molecular complexity index is 573. The van der Waals surface area contributed by atoms with Crippen molar-refractivity contribution in [3.8, 4) is 0 Å². The Morgan fingerprint density at radius 3 is 2.59 bits per heavy atom. The molecule has 0 radical (unpaired) electrons. The Morgan fingerprint density at radius 2 is 1.82 bits per heavy atom. The van der Waals surface area contributed by atoms with Gasteiger partial charge in [0.1, 0.15) is 5.82 Å². The highest BCUT2D eigenvalue weighted by Crippen LogP contribution is 2.11. The minimum absolute atomic E-state index is 0.179. The minimum atomic E-state index is -0.179. The van der Waals surface area contributed by atoms with Crippen molar-refractivity contribution in [3.63, 3.8) is 0 Å². The molecule has 0 N–H and O–H groups in total. The molecule has 1 aliphatic heterocycles. The van der Waals surface area contributed by atoms with Gasteiger partial charge in [-0.3, -0.25) is 4.90 Å². The summed E-state index contributed by atoms with van der Waals surface area (Å²) in [6, 6.07) is 11.0. The van der Waals surface area contributed by atoms with Crippen LogP contribution in [0.25, 0.3) is 0 Å². The molecule has 3 nitrogen and oxygen atoms in total.